The van der Waals surface area contributed by atoms with Crippen molar-refractivity contribution in [2.24, 2.45) is 0 Å². The van der Waals surface area contributed by atoms with Crippen LogP contribution in [0.15, 0.2) is 12.2 Å². The minimum atomic E-state index is -1.21. The Balaban J connectivity index is 2.84. The summed E-state index contributed by atoms with van der Waals surface area (Å²) in [7, 11) is 0. The van der Waals surface area contributed by atoms with Crippen molar-refractivity contribution >= 4 is 12.1 Å². The van der Waals surface area contributed by atoms with E-state index in [2.05, 4.69) is 6.58 Å². The molecule has 0 aromatic carbocycles. The average molecular weight is 171 g/mol. The van der Waals surface area contributed by atoms with Crippen LogP contribution in [0.1, 0.15) is 6.42 Å². The molecule has 0 radical (unpaired) electrons. The van der Waals surface area contributed by atoms with Crippen LogP contribution in [0.3, 0.4) is 0 Å². The normalized spacial score (nSPS) is 22.8. The minimum Gasteiger partial charge on any atom is -0.479 e. The van der Waals surface area contributed by atoms with Crippen molar-refractivity contribution in [3.8, 4) is 0 Å². The van der Waals surface area contributed by atoms with Crippen molar-refractivity contribution in [3.05, 3.63) is 12.2 Å². The Morgan fingerprint density at radius 1 is 1.50 bits per heavy atom. The van der Waals surface area contributed by atoms with E-state index in [4.69, 9.17) is 10.2 Å². The van der Waals surface area contributed by atoms with Crippen LogP contribution in [-0.4, -0.2) is 39.8 Å². The first kappa shape index (κ1) is 8.58. The van der Waals surface area contributed by atoms with Gasteiger partial charge in [-0.25, -0.2) is 9.59 Å². The Labute approximate surface area is 68.9 Å². The number of carbonyl (C=O) groups is 2. The number of likely N-dealkylation sites (tertiary alicyclic amines) is 1. The average Bonchev–Trinajstić information content (AvgIpc) is 2.30. The molecule has 0 aromatic heterocycles. The standard InChI is InChI=1S/C7H9NO4/c1-4-2-3-8(7(11)12)5(4)6(9)10/h5H,1-3H2,(H,9,10)(H,11,12)/t5-/m0/s1. The number of carboxylic acid groups (broad SMARTS) is 2. The van der Waals surface area contributed by atoms with Gasteiger partial charge in [-0.15, -0.1) is 0 Å². The third kappa shape index (κ3) is 1.25. The largest absolute Gasteiger partial charge is 0.479 e. The molecule has 0 bridgehead atoms. The number of carboxylic acids is 1. The summed E-state index contributed by atoms with van der Waals surface area (Å²) >= 11 is 0. The number of hydrogen-bond acceptors (Lipinski definition) is 2. The van der Waals surface area contributed by atoms with Crippen molar-refractivity contribution in [1.29, 1.82) is 0 Å². The fraction of sp³-hybridized carbons (Fsp3) is 0.429. The van der Waals surface area contributed by atoms with Crippen LogP contribution < -0.4 is 0 Å². The molecule has 0 saturated carbocycles. The summed E-state index contributed by atoms with van der Waals surface area (Å²) < 4.78 is 0. The van der Waals surface area contributed by atoms with E-state index in [1.54, 1.807) is 0 Å². The van der Waals surface area contributed by atoms with Gasteiger partial charge in [0.2, 0.25) is 0 Å². The molecule has 1 saturated heterocycles. The molecular formula is C7H9NO4. The lowest BCUT2D eigenvalue weighted by atomic mass is 10.1. The predicted octanol–water partition coefficient (Wildman–Crippen LogP) is 0.379. The van der Waals surface area contributed by atoms with Gasteiger partial charge >= 0.3 is 12.1 Å². The number of hydrogen-bond donors (Lipinski definition) is 2. The lowest BCUT2D eigenvalue weighted by molar-refractivity contribution is -0.140. The Kier molecular flexibility index (Phi) is 2.03. The van der Waals surface area contributed by atoms with Crippen molar-refractivity contribution in [1.82, 2.24) is 4.90 Å². The van der Waals surface area contributed by atoms with Gasteiger partial charge in [-0.2, -0.15) is 0 Å². The molecule has 0 spiro atoms. The summed E-state index contributed by atoms with van der Waals surface area (Å²) in [6.45, 7) is 3.73. The first-order valence-corrected chi connectivity index (χ1v) is 3.44. The Bertz CT molecular complexity index is 248. The third-order valence-electron chi connectivity index (χ3n) is 1.85. The maximum Gasteiger partial charge on any atom is 0.408 e. The summed E-state index contributed by atoms with van der Waals surface area (Å²) in [6.07, 6.45) is -0.774. The maximum absolute atomic E-state index is 10.6. The van der Waals surface area contributed by atoms with E-state index in [1.807, 2.05) is 0 Å². The van der Waals surface area contributed by atoms with Crippen LogP contribution >= 0.6 is 0 Å². The molecule has 1 atom stereocenters. The van der Waals surface area contributed by atoms with Gasteiger partial charge < -0.3 is 10.2 Å². The van der Waals surface area contributed by atoms with Gasteiger partial charge in [0.05, 0.1) is 0 Å². The number of rotatable bonds is 1. The molecule has 1 rings (SSSR count). The monoisotopic (exact) mass is 171 g/mol. The van der Waals surface area contributed by atoms with Crippen molar-refractivity contribution in [2.75, 3.05) is 6.54 Å². The molecule has 5 heteroatoms. The summed E-state index contributed by atoms with van der Waals surface area (Å²) in [4.78, 5) is 21.9. The van der Waals surface area contributed by atoms with E-state index < -0.39 is 18.1 Å². The summed E-state index contributed by atoms with van der Waals surface area (Å²) in [5, 5.41) is 17.2. The molecule has 1 aliphatic rings. The quantitative estimate of drug-likeness (QED) is 0.559. The molecule has 5 nitrogen and oxygen atoms in total. The second-order valence-corrected chi connectivity index (χ2v) is 2.62. The highest BCUT2D eigenvalue weighted by Crippen LogP contribution is 2.21. The van der Waals surface area contributed by atoms with E-state index in [1.165, 1.54) is 0 Å². The van der Waals surface area contributed by atoms with Gasteiger partial charge in [-0.3, -0.25) is 4.90 Å². The van der Waals surface area contributed by atoms with E-state index in [0.29, 0.717) is 12.0 Å². The van der Waals surface area contributed by atoms with Crippen LogP contribution in [-0.2, 0) is 4.79 Å². The SMILES string of the molecule is C=C1CCN(C(=O)O)[C@@H]1C(=O)O. The number of aliphatic carboxylic acids is 1. The van der Waals surface area contributed by atoms with Crippen LogP contribution in [0.25, 0.3) is 0 Å². The maximum atomic E-state index is 10.6. The zero-order chi connectivity index (χ0) is 9.30. The molecule has 0 aromatic rings. The molecule has 66 valence electrons. The molecule has 1 heterocycles. The fourth-order valence-electron chi connectivity index (χ4n) is 1.26. The summed E-state index contributed by atoms with van der Waals surface area (Å²) in [5.41, 5.74) is 0.449. The van der Waals surface area contributed by atoms with E-state index >= 15 is 0 Å². The fourth-order valence-corrected chi connectivity index (χ4v) is 1.26. The second kappa shape index (κ2) is 2.84. The van der Waals surface area contributed by atoms with E-state index in [0.717, 1.165) is 4.90 Å². The molecule has 2 N–H and O–H groups in total. The topological polar surface area (TPSA) is 77.8 Å². The first-order valence-electron chi connectivity index (χ1n) is 3.44. The van der Waals surface area contributed by atoms with Crippen LogP contribution in [0, 0.1) is 0 Å². The first-order chi connectivity index (χ1) is 5.54. The Morgan fingerprint density at radius 3 is 2.42 bits per heavy atom. The van der Waals surface area contributed by atoms with Crippen LogP contribution in [0.4, 0.5) is 4.79 Å². The zero-order valence-electron chi connectivity index (χ0n) is 6.36. The highest BCUT2D eigenvalue weighted by molar-refractivity contribution is 5.83. The van der Waals surface area contributed by atoms with Gasteiger partial charge in [-0.1, -0.05) is 6.58 Å². The third-order valence-corrected chi connectivity index (χ3v) is 1.85. The predicted molar refractivity (Wildman–Crippen MR) is 39.9 cm³/mol. The molecule has 1 aliphatic heterocycles. The lowest BCUT2D eigenvalue weighted by Gasteiger charge is -2.17. The second-order valence-electron chi connectivity index (χ2n) is 2.62. The number of nitrogens with zero attached hydrogens (tertiary/aromatic N) is 1. The van der Waals surface area contributed by atoms with Crippen molar-refractivity contribution < 1.29 is 19.8 Å². The van der Waals surface area contributed by atoms with E-state index in [-0.39, 0.29) is 6.54 Å². The Morgan fingerprint density at radius 2 is 2.08 bits per heavy atom. The van der Waals surface area contributed by atoms with Crippen LogP contribution in [0.2, 0.25) is 0 Å². The summed E-state index contributed by atoms with van der Waals surface area (Å²) in [5.74, 6) is -1.15. The number of amides is 1. The van der Waals surface area contributed by atoms with E-state index in [9.17, 15) is 9.59 Å². The molecule has 0 unspecified atom stereocenters. The zero-order valence-corrected chi connectivity index (χ0v) is 6.36. The Hall–Kier alpha value is -1.52. The highest BCUT2D eigenvalue weighted by atomic mass is 16.4. The van der Waals surface area contributed by atoms with Gasteiger partial charge in [0.15, 0.2) is 6.04 Å². The molecule has 12 heavy (non-hydrogen) atoms. The molecule has 1 amide bonds. The highest BCUT2D eigenvalue weighted by Gasteiger charge is 2.36. The van der Waals surface area contributed by atoms with Crippen molar-refractivity contribution in [2.45, 2.75) is 12.5 Å². The molecular weight excluding hydrogens is 162 g/mol. The van der Waals surface area contributed by atoms with Gasteiger partial charge in [0, 0.05) is 6.54 Å². The summed E-state index contributed by atoms with van der Waals surface area (Å²) in [6, 6.07) is -1.05. The smallest absolute Gasteiger partial charge is 0.408 e. The lowest BCUT2D eigenvalue weighted by Crippen LogP contribution is -2.40. The minimum absolute atomic E-state index is 0.227. The van der Waals surface area contributed by atoms with Crippen molar-refractivity contribution in [3.63, 3.8) is 0 Å². The molecule has 1 fully saturated rings. The van der Waals surface area contributed by atoms with Gasteiger partial charge in [0.1, 0.15) is 0 Å². The molecule has 0 aliphatic carbocycles. The van der Waals surface area contributed by atoms with Gasteiger partial charge in [-0.05, 0) is 12.0 Å². The van der Waals surface area contributed by atoms with Gasteiger partial charge in [0.25, 0.3) is 0 Å². The van der Waals surface area contributed by atoms with Crippen LogP contribution in [0.5, 0.6) is 0 Å².